The molecule has 1 aromatic carbocycles. The van der Waals surface area contributed by atoms with Crippen LogP contribution in [0.1, 0.15) is 23.4 Å². The molecule has 19 heavy (non-hydrogen) atoms. The van der Waals surface area contributed by atoms with Crippen molar-refractivity contribution >= 4 is 0 Å². The lowest BCUT2D eigenvalue weighted by atomic mass is 10.1. The Kier molecular flexibility index (Phi) is 5.06. The average Bonchev–Trinajstić information content (AvgIpc) is 2.86. The minimum atomic E-state index is -0.0940. The van der Waals surface area contributed by atoms with Crippen LogP contribution in [0.5, 0.6) is 0 Å². The maximum Gasteiger partial charge on any atom is 0.111 e. The van der Waals surface area contributed by atoms with Gasteiger partial charge in [-0.2, -0.15) is 0 Å². The summed E-state index contributed by atoms with van der Waals surface area (Å²) < 4.78 is 1.78. The Morgan fingerprint density at radius 3 is 2.53 bits per heavy atom. The van der Waals surface area contributed by atoms with Gasteiger partial charge in [0.05, 0.1) is 12.3 Å². The molecule has 0 amide bonds. The number of nitrogens with zero attached hydrogens (tertiary/aromatic N) is 3. The summed E-state index contributed by atoms with van der Waals surface area (Å²) in [5.41, 5.74) is 2.84. The van der Waals surface area contributed by atoms with E-state index < -0.39 is 0 Å². The van der Waals surface area contributed by atoms with E-state index in [0.29, 0.717) is 18.7 Å². The fourth-order valence-corrected chi connectivity index (χ4v) is 2.07. The summed E-state index contributed by atoms with van der Waals surface area (Å²) in [6.45, 7) is 0.670. The van der Waals surface area contributed by atoms with E-state index in [0.717, 1.165) is 18.5 Å². The first kappa shape index (κ1) is 13.7. The lowest BCUT2D eigenvalue weighted by molar-refractivity contribution is 0.273. The largest absolute Gasteiger partial charge is 0.396 e. The zero-order valence-corrected chi connectivity index (χ0v) is 10.9. The Morgan fingerprint density at radius 2 is 1.84 bits per heavy atom. The highest BCUT2D eigenvalue weighted by Gasteiger charge is 2.11. The van der Waals surface area contributed by atoms with Gasteiger partial charge >= 0.3 is 0 Å². The third-order valence-electron chi connectivity index (χ3n) is 3.09. The third-order valence-corrected chi connectivity index (χ3v) is 3.09. The second-order valence-corrected chi connectivity index (χ2v) is 4.43. The molecular formula is C14H19N3O2. The van der Waals surface area contributed by atoms with E-state index in [1.165, 1.54) is 5.56 Å². The lowest BCUT2D eigenvalue weighted by Gasteiger charge is -2.07. The van der Waals surface area contributed by atoms with Gasteiger partial charge < -0.3 is 10.2 Å². The minimum absolute atomic E-state index is 0.0940. The number of rotatable bonds is 7. The van der Waals surface area contributed by atoms with Gasteiger partial charge in [0.2, 0.25) is 0 Å². The molecule has 5 nitrogen and oxygen atoms in total. The maximum absolute atomic E-state index is 9.29. The molecule has 0 saturated heterocycles. The van der Waals surface area contributed by atoms with Gasteiger partial charge in [-0.25, -0.2) is 4.68 Å². The Bertz CT molecular complexity index is 497. The van der Waals surface area contributed by atoms with Crippen molar-refractivity contribution in [3.05, 3.63) is 47.3 Å². The van der Waals surface area contributed by atoms with Crippen molar-refractivity contribution < 1.29 is 10.2 Å². The zero-order chi connectivity index (χ0) is 13.5. The first-order chi connectivity index (χ1) is 9.35. The fourth-order valence-electron chi connectivity index (χ4n) is 2.07. The summed E-state index contributed by atoms with van der Waals surface area (Å²) in [6.07, 6.45) is 2.32. The summed E-state index contributed by atoms with van der Waals surface area (Å²) >= 11 is 0. The highest BCUT2D eigenvalue weighted by molar-refractivity contribution is 5.18. The van der Waals surface area contributed by atoms with Crippen molar-refractivity contribution in [2.24, 2.45) is 0 Å². The first-order valence-corrected chi connectivity index (χ1v) is 6.52. The Morgan fingerprint density at radius 1 is 1.05 bits per heavy atom. The molecule has 0 fully saturated rings. The maximum atomic E-state index is 9.29. The predicted octanol–water partition coefficient (Wildman–Crippen LogP) is 0.938. The summed E-state index contributed by atoms with van der Waals surface area (Å²) in [5, 5.41) is 26.2. The van der Waals surface area contributed by atoms with Crippen LogP contribution >= 0.6 is 0 Å². The van der Waals surface area contributed by atoms with Crippen LogP contribution in [0.15, 0.2) is 30.3 Å². The molecule has 2 aromatic rings. The molecule has 0 aliphatic heterocycles. The molecule has 102 valence electrons. The summed E-state index contributed by atoms with van der Waals surface area (Å²) in [4.78, 5) is 0. The van der Waals surface area contributed by atoms with Crippen molar-refractivity contribution in [1.29, 1.82) is 0 Å². The number of aliphatic hydroxyl groups excluding tert-OH is 2. The summed E-state index contributed by atoms with van der Waals surface area (Å²) in [7, 11) is 0. The smallest absolute Gasteiger partial charge is 0.111 e. The molecule has 1 heterocycles. The van der Waals surface area contributed by atoms with Crippen molar-refractivity contribution in [1.82, 2.24) is 15.0 Å². The molecular weight excluding hydrogens is 242 g/mol. The van der Waals surface area contributed by atoms with Gasteiger partial charge in [-0.1, -0.05) is 35.5 Å². The van der Waals surface area contributed by atoms with E-state index in [-0.39, 0.29) is 13.2 Å². The van der Waals surface area contributed by atoms with E-state index in [1.54, 1.807) is 4.68 Å². The third kappa shape index (κ3) is 3.62. The molecule has 5 heteroatoms. The van der Waals surface area contributed by atoms with Gasteiger partial charge in [0, 0.05) is 13.2 Å². The Labute approximate surface area is 112 Å². The SMILES string of the molecule is OCCCn1nnc(CO)c1CCc1ccccc1. The summed E-state index contributed by atoms with van der Waals surface area (Å²) in [6, 6.07) is 10.2. The van der Waals surface area contributed by atoms with Crippen molar-refractivity contribution in [3.63, 3.8) is 0 Å². The van der Waals surface area contributed by atoms with Crippen LogP contribution in [0.2, 0.25) is 0 Å². The van der Waals surface area contributed by atoms with Crippen molar-refractivity contribution in [2.45, 2.75) is 32.4 Å². The molecule has 0 saturated carbocycles. The van der Waals surface area contributed by atoms with E-state index >= 15 is 0 Å². The molecule has 0 unspecified atom stereocenters. The number of aryl methyl sites for hydroxylation is 2. The molecule has 0 spiro atoms. The number of hydrogen-bond donors (Lipinski definition) is 2. The van der Waals surface area contributed by atoms with Crippen molar-refractivity contribution in [3.8, 4) is 0 Å². The highest BCUT2D eigenvalue weighted by atomic mass is 16.3. The van der Waals surface area contributed by atoms with Crippen LogP contribution in [0.4, 0.5) is 0 Å². The van der Waals surface area contributed by atoms with Crippen LogP contribution in [0.3, 0.4) is 0 Å². The second-order valence-electron chi connectivity index (χ2n) is 4.43. The number of hydrogen-bond acceptors (Lipinski definition) is 4. The average molecular weight is 261 g/mol. The molecule has 0 aliphatic rings. The van der Waals surface area contributed by atoms with Crippen molar-refractivity contribution in [2.75, 3.05) is 6.61 Å². The molecule has 2 rings (SSSR count). The van der Waals surface area contributed by atoms with Crippen LogP contribution in [-0.4, -0.2) is 31.8 Å². The Hall–Kier alpha value is -1.72. The predicted molar refractivity (Wildman–Crippen MR) is 71.5 cm³/mol. The molecule has 0 radical (unpaired) electrons. The zero-order valence-electron chi connectivity index (χ0n) is 10.9. The van der Waals surface area contributed by atoms with Crippen LogP contribution in [-0.2, 0) is 26.0 Å². The molecule has 0 atom stereocenters. The van der Waals surface area contributed by atoms with E-state index in [1.807, 2.05) is 18.2 Å². The topological polar surface area (TPSA) is 71.2 Å². The highest BCUT2D eigenvalue weighted by Crippen LogP contribution is 2.11. The minimum Gasteiger partial charge on any atom is -0.396 e. The molecule has 0 bridgehead atoms. The van der Waals surface area contributed by atoms with E-state index in [9.17, 15) is 5.11 Å². The number of aliphatic hydroxyl groups is 2. The van der Waals surface area contributed by atoms with Gasteiger partial charge in [-0.05, 0) is 24.8 Å². The first-order valence-electron chi connectivity index (χ1n) is 6.52. The molecule has 2 N–H and O–H groups in total. The standard InChI is InChI=1S/C14H19N3O2/c18-10-4-9-17-14(13(11-19)15-16-17)8-7-12-5-2-1-3-6-12/h1-3,5-6,18-19H,4,7-11H2. The molecule has 1 aromatic heterocycles. The van der Waals surface area contributed by atoms with Gasteiger partial charge in [0.1, 0.15) is 5.69 Å². The second kappa shape index (κ2) is 7.01. The van der Waals surface area contributed by atoms with Gasteiger partial charge in [0.15, 0.2) is 0 Å². The van der Waals surface area contributed by atoms with Gasteiger partial charge in [0.25, 0.3) is 0 Å². The Balaban J connectivity index is 2.07. The fraction of sp³-hybridized carbons (Fsp3) is 0.429. The van der Waals surface area contributed by atoms with E-state index in [4.69, 9.17) is 5.11 Å². The van der Waals surface area contributed by atoms with Crippen LogP contribution in [0.25, 0.3) is 0 Å². The number of benzene rings is 1. The monoisotopic (exact) mass is 261 g/mol. The number of aromatic nitrogens is 3. The molecule has 0 aliphatic carbocycles. The quantitative estimate of drug-likeness (QED) is 0.778. The normalized spacial score (nSPS) is 10.8. The summed E-state index contributed by atoms with van der Waals surface area (Å²) in [5.74, 6) is 0. The van der Waals surface area contributed by atoms with Crippen LogP contribution < -0.4 is 0 Å². The van der Waals surface area contributed by atoms with E-state index in [2.05, 4.69) is 22.4 Å². The van der Waals surface area contributed by atoms with Crippen LogP contribution in [0, 0.1) is 0 Å². The van der Waals surface area contributed by atoms with Gasteiger partial charge in [-0.15, -0.1) is 5.10 Å². The van der Waals surface area contributed by atoms with Gasteiger partial charge in [-0.3, -0.25) is 0 Å². The lowest BCUT2D eigenvalue weighted by Crippen LogP contribution is -2.09.